The third kappa shape index (κ3) is 1.93. The molecule has 1 heterocycles. The van der Waals surface area contributed by atoms with Gasteiger partial charge in [0.2, 0.25) is 5.91 Å². The Morgan fingerprint density at radius 1 is 1.44 bits per heavy atom. The number of carbonyl (C=O) groups excluding carboxylic acids is 1. The quantitative estimate of drug-likeness (QED) is 0.786. The van der Waals surface area contributed by atoms with E-state index in [0.29, 0.717) is 22.5 Å². The lowest BCUT2D eigenvalue weighted by Gasteiger charge is -2.02. The molecule has 5 heteroatoms. The van der Waals surface area contributed by atoms with E-state index in [-0.39, 0.29) is 5.91 Å². The van der Waals surface area contributed by atoms with Gasteiger partial charge >= 0.3 is 5.63 Å². The minimum absolute atomic E-state index is 0.179. The number of nitrogens with zero attached hydrogens (tertiary/aromatic N) is 1. The van der Waals surface area contributed by atoms with E-state index in [1.165, 1.54) is 6.92 Å². The molecule has 2 rings (SSSR count). The van der Waals surface area contributed by atoms with Gasteiger partial charge in [-0.2, -0.15) is 0 Å². The molecule has 0 aliphatic heterocycles. The number of benzene rings is 1. The molecule has 0 aliphatic carbocycles. The summed E-state index contributed by atoms with van der Waals surface area (Å²) in [5.41, 5.74) is 1.38. The summed E-state index contributed by atoms with van der Waals surface area (Å²) in [6.07, 6.45) is 0. The molecule has 0 radical (unpaired) electrons. The van der Waals surface area contributed by atoms with Crippen LogP contribution in [0.2, 0.25) is 0 Å². The average molecular weight is 218 g/mol. The molecule has 2 aromatic rings. The fourth-order valence-electron chi connectivity index (χ4n) is 1.37. The maximum Gasteiger partial charge on any atom is 0.357 e. The highest BCUT2D eigenvalue weighted by Crippen LogP contribution is 2.16. The second-order valence-electron chi connectivity index (χ2n) is 3.45. The summed E-state index contributed by atoms with van der Waals surface area (Å²) in [5, 5.41) is 2.60. The summed E-state index contributed by atoms with van der Waals surface area (Å²) < 4.78 is 5.05. The molecule has 5 nitrogen and oxygen atoms in total. The highest BCUT2D eigenvalue weighted by atomic mass is 16.4. The van der Waals surface area contributed by atoms with Gasteiger partial charge in [0.05, 0.1) is 0 Å². The Labute approximate surface area is 91.1 Å². The summed E-state index contributed by atoms with van der Waals surface area (Å²) in [6.45, 7) is 3.00. The monoisotopic (exact) mass is 218 g/mol. The Hall–Kier alpha value is -2.17. The highest BCUT2D eigenvalue weighted by molar-refractivity contribution is 5.90. The van der Waals surface area contributed by atoms with E-state index in [1.54, 1.807) is 25.1 Å². The molecule has 0 unspecified atom stereocenters. The Balaban J connectivity index is 2.57. The van der Waals surface area contributed by atoms with Crippen molar-refractivity contribution in [2.45, 2.75) is 13.8 Å². The molecule has 0 fully saturated rings. The fourth-order valence-corrected chi connectivity index (χ4v) is 1.37. The maximum atomic E-state index is 11.2. The van der Waals surface area contributed by atoms with Gasteiger partial charge in [0.1, 0.15) is 11.2 Å². The number of amides is 1. The lowest BCUT2D eigenvalue weighted by Crippen LogP contribution is -2.07. The molecular formula is C11H10N2O3. The fraction of sp³-hybridized carbons (Fsp3) is 0.182. The van der Waals surface area contributed by atoms with Gasteiger partial charge in [-0.15, -0.1) is 0 Å². The van der Waals surface area contributed by atoms with E-state index in [1.807, 2.05) is 0 Å². The van der Waals surface area contributed by atoms with Crippen LogP contribution in [-0.4, -0.2) is 10.9 Å². The van der Waals surface area contributed by atoms with Gasteiger partial charge in [0.25, 0.3) is 0 Å². The number of aromatic nitrogens is 1. The van der Waals surface area contributed by atoms with Crippen molar-refractivity contribution in [1.29, 1.82) is 0 Å². The standard InChI is InChI=1S/C11H10N2O3/c1-6-11(15)16-10-5-8(13-7(2)14)3-4-9(10)12-6/h3-5H,1-2H3,(H,13,14). The average Bonchev–Trinajstić information content (AvgIpc) is 2.19. The van der Waals surface area contributed by atoms with Crippen molar-refractivity contribution in [1.82, 2.24) is 4.98 Å². The first-order valence-corrected chi connectivity index (χ1v) is 4.75. The molecule has 1 amide bonds. The molecule has 0 aliphatic rings. The number of nitrogens with one attached hydrogen (secondary N) is 1. The molecule has 82 valence electrons. The lowest BCUT2D eigenvalue weighted by atomic mass is 10.2. The second-order valence-corrected chi connectivity index (χ2v) is 3.45. The minimum Gasteiger partial charge on any atom is -0.420 e. The molecule has 16 heavy (non-hydrogen) atoms. The summed E-state index contributed by atoms with van der Waals surface area (Å²) >= 11 is 0. The molecular weight excluding hydrogens is 208 g/mol. The van der Waals surface area contributed by atoms with Gasteiger partial charge in [0.15, 0.2) is 5.58 Å². The Morgan fingerprint density at radius 2 is 2.19 bits per heavy atom. The van der Waals surface area contributed by atoms with Gasteiger partial charge in [-0.1, -0.05) is 0 Å². The summed E-state index contributed by atoms with van der Waals surface area (Å²) in [4.78, 5) is 26.2. The maximum absolute atomic E-state index is 11.2. The third-order valence-corrected chi connectivity index (χ3v) is 2.07. The lowest BCUT2D eigenvalue weighted by molar-refractivity contribution is -0.114. The molecule has 0 bridgehead atoms. The first-order chi connectivity index (χ1) is 7.56. The van der Waals surface area contributed by atoms with Crippen LogP contribution in [0.15, 0.2) is 27.4 Å². The smallest absolute Gasteiger partial charge is 0.357 e. The van der Waals surface area contributed by atoms with E-state index in [2.05, 4.69) is 10.3 Å². The largest absolute Gasteiger partial charge is 0.420 e. The number of rotatable bonds is 1. The first kappa shape index (κ1) is 10.4. The highest BCUT2D eigenvalue weighted by Gasteiger charge is 2.04. The summed E-state index contributed by atoms with van der Waals surface area (Å²) in [6, 6.07) is 4.97. The zero-order valence-corrected chi connectivity index (χ0v) is 8.90. The molecule has 1 N–H and O–H groups in total. The second kappa shape index (κ2) is 3.77. The first-order valence-electron chi connectivity index (χ1n) is 4.75. The van der Waals surface area contributed by atoms with Crippen LogP contribution in [0.1, 0.15) is 12.6 Å². The van der Waals surface area contributed by atoms with Crippen LogP contribution in [0.3, 0.4) is 0 Å². The number of hydrogen-bond donors (Lipinski definition) is 1. The van der Waals surface area contributed by atoms with Crippen molar-refractivity contribution in [3.8, 4) is 0 Å². The van der Waals surface area contributed by atoms with Crippen LogP contribution >= 0.6 is 0 Å². The number of fused-ring (bicyclic) bond motifs is 1. The SMILES string of the molecule is CC(=O)Nc1ccc2nc(C)c(=O)oc2c1. The van der Waals surface area contributed by atoms with Gasteiger partial charge in [0, 0.05) is 18.7 Å². The molecule has 0 saturated heterocycles. The zero-order valence-electron chi connectivity index (χ0n) is 8.90. The molecule has 0 saturated carbocycles. The molecule has 1 aromatic heterocycles. The van der Waals surface area contributed by atoms with Crippen LogP contribution in [-0.2, 0) is 4.79 Å². The van der Waals surface area contributed by atoms with Crippen molar-refractivity contribution < 1.29 is 9.21 Å². The van der Waals surface area contributed by atoms with E-state index >= 15 is 0 Å². The van der Waals surface area contributed by atoms with Crippen LogP contribution < -0.4 is 10.9 Å². The number of hydrogen-bond acceptors (Lipinski definition) is 4. The number of anilines is 1. The van der Waals surface area contributed by atoms with Gasteiger partial charge in [-0.3, -0.25) is 4.79 Å². The van der Waals surface area contributed by atoms with Gasteiger partial charge in [-0.05, 0) is 19.1 Å². The zero-order chi connectivity index (χ0) is 11.7. The Morgan fingerprint density at radius 3 is 2.88 bits per heavy atom. The van der Waals surface area contributed by atoms with E-state index in [0.717, 1.165) is 0 Å². The summed E-state index contributed by atoms with van der Waals surface area (Å²) in [5.74, 6) is -0.179. The Kier molecular flexibility index (Phi) is 2.44. The predicted molar refractivity (Wildman–Crippen MR) is 59.3 cm³/mol. The van der Waals surface area contributed by atoms with Crippen molar-refractivity contribution in [2.24, 2.45) is 0 Å². The number of carbonyl (C=O) groups is 1. The predicted octanol–water partition coefficient (Wildman–Crippen LogP) is 1.45. The topological polar surface area (TPSA) is 72.2 Å². The van der Waals surface area contributed by atoms with Crippen molar-refractivity contribution in [3.05, 3.63) is 34.3 Å². The number of aryl methyl sites for hydroxylation is 1. The van der Waals surface area contributed by atoms with Crippen LogP contribution in [0.5, 0.6) is 0 Å². The van der Waals surface area contributed by atoms with Crippen molar-refractivity contribution >= 4 is 22.7 Å². The van der Waals surface area contributed by atoms with Crippen LogP contribution in [0, 0.1) is 6.92 Å². The van der Waals surface area contributed by atoms with E-state index in [4.69, 9.17) is 4.42 Å². The van der Waals surface area contributed by atoms with Gasteiger partial charge in [-0.25, -0.2) is 9.78 Å². The van der Waals surface area contributed by atoms with Gasteiger partial charge < -0.3 is 9.73 Å². The normalized spacial score (nSPS) is 10.4. The summed E-state index contributed by atoms with van der Waals surface area (Å²) in [7, 11) is 0. The molecule has 0 spiro atoms. The van der Waals surface area contributed by atoms with Crippen molar-refractivity contribution in [2.75, 3.05) is 5.32 Å². The van der Waals surface area contributed by atoms with E-state index < -0.39 is 5.63 Å². The third-order valence-electron chi connectivity index (χ3n) is 2.07. The Bertz CT molecular complexity index is 616. The van der Waals surface area contributed by atoms with Crippen LogP contribution in [0.4, 0.5) is 5.69 Å². The van der Waals surface area contributed by atoms with Crippen molar-refractivity contribution in [3.63, 3.8) is 0 Å². The van der Waals surface area contributed by atoms with Crippen LogP contribution in [0.25, 0.3) is 11.1 Å². The van der Waals surface area contributed by atoms with E-state index in [9.17, 15) is 9.59 Å². The molecule has 0 atom stereocenters. The molecule has 1 aromatic carbocycles. The minimum atomic E-state index is -0.465.